The van der Waals surface area contributed by atoms with Crippen LogP contribution in [0.25, 0.3) is 16.7 Å². The van der Waals surface area contributed by atoms with Crippen molar-refractivity contribution in [2.45, 2.75) is 17.7 Å². The van der Waals surface area contributed by atoms with Gasteiger partial charge in [-0.25, -0.2) is 13.4 Å². The zero-order valence-electron chi connectivity index (χ0n) is 18.8. The highest BCUT2D eigenvalue weighted by molar-refractivity contribution is 7.89. The fraction of sp³-hybridized carbons (Fsp3) is 0.192. The number of anilines is 1. The topological polar surface area (TPSA) is 108 Å². The van der Waals surface area contributed by atoms with Gasteiger partial charge in [0, 0.05) is 30.4 Å². The molecule has 9 heteroatoms. The summed E-state index contributed by atoms with van der Waals surface area (Å²) in [5, 5.41) is 11.9. The summed E-state index contributed by atoms with van der Waals surface area (Å²) >= 11 is 0. The number of amides is 1. The van der Waals surface area contributed by atoms with Crippen molar-refractivity contribution in [1.82, 2.24) is 13.9 Å². The summed E-state index contributed by atoms with van der Waals surface area (Å²) in [7, 11) is -3.65. The maximum absolute atomic E-state index is 12.9. The monoisotopic (exact) mass is 485 g/mol. The Morgan fingerprint density at radius 3 is 2.34 bits per heavy atom. The molecule has 0 bridgehead atoms. The number of nitrogens with one attached hydrogen (secondary N) is 1. The minimum absolute atomic E-state index is 0.110. The molecule has 5 rings (SSSR count). The Bertz CT molecular complexity index is 1510. The second-order valence-electron chi connectivity index (χ2n) is 8.45. The predicted octanol–water partition coefficient (Wildman–Crippen LogP) is 3.94. The van der Waals surface area contributed by atoms with Crippen molar-refractivity contribution < 1.29 is 13.2 Å². The van der Waals surface area contributed by atoms with E-state index in [9.17, 15) is 13.2 Å². The van der Waals surface area contributed by atoms with E-state index in [0.29, 0.717) is 24.1 Å². The molecule has 4 aromatic rings. The molecular formula is C26H23N5O3S. The molecule has 0 saturated carbocycles. The van der Waals surface area contributed by atoms with Crippen molar-refractivity contribution >= 4 is 32.7 Å². The number of benzene rings is 3. The lowest BCUT2D eigenvalue weighted by atomic mass is 9.97. The van der Waals surface area contributed by atoms with E-state index >= 15 is 0 Å². The van der Waals surface area contributed by atoms with Crippen LogP contribution in [0.1, 0.15) is 18.4 Å². The zero-order valence-corrected chi connectivity index (χ0v) is 19.6. The van der Waals surface area contributed by atoms with Gasteiger partial charge >= 0.3 is 0 Å². The standard InChI is InChI=1S/C26H23N5O3S/c27-17-19-5-11-23(12-6-19)35(33,34)30-15-13-20(14-16-30)26(32)29-21-7-9-22(10-8-21)31-18-28-24-3-1-2-4-25(24)31/h1-12,18,20H,13-16H2,(H,29,32). The zero-order chi connectivity index (χ0) is 24.4. The van der Waals surface area contributed by atoms with Crippen LogP contribution in [0.15, 0.2) is 84.0 Å². The average Bonchev–Trinajstić information content (AvgIpc) is 3.33. The molecule has 1 amide bonds. The summed E-state index contributed by atoms with van der Waals surface area (Å²) < 4.78 is 29.2. The van der Waals surface area contributed by atoms with Crippen molar-refractivity contribution in [3.05, 3.63) is 84.7 Å². The number of rotatable bonds is 5. The molecule has 0 atom stereocenters. The summed E-state index contributed by atoms with van der Waals surface area (Å²) in [6, 6.07) is 23.3. The Hall–Kier alpha value is -4.00. The highest BCUT2D eigenvalue weighted by atomic mass is 32.2. The fourth-order valence-electron chi connectivity index (χ4n) is 4.32. The van der Waals surface area contributed by atoms with E-state index in [0.717, 1.165) is 16.7 Å². The highest BCUT2D eigenvalue weighted by Gasteiger charge is 2.32. The van der Waals surface area contributed by atoms with E-state index in [1.54, 1.807) is 6.33 Å². The summed E-state index contributed by atoms with van der Waals surface area (Å²) in [6.45, 7) is 0.542. The van der Waals surface area contributed by atoms with Gasteiger partial charge in [-0.1, -0.05) is 12.1 Å². The molecule has 1 aliphatic rings. The Labute approximate surface area is 203 Å². The maximum atomic E-state index is 12.9. The van der Waals surface area contributed by atoms with Crippen molar-refractivity contribution in [3.8, 4) is 11.8 Å². The first kappa shape index (κ1) is 22.8. The van der Waals surface area contributed by atoms with E-state index in [-0.39, 0.29) is 29.8 Å². The van der Waals surface area contributed by atoms with Crippen LogP contribution in [0.4, 0.5) is 5.69 Å². The van der Waals surface area contributed by atoms with Crippen molar-refractivity contribution in [2.24, 2.45) is 5.92 Å². The lowest BCUT2D eigenvalue weighted by Crippen LogP contribution is -2.41. The fourth-order valence-corrected chi connectivity index (χ4v) is 5.79. The first-order valence-electron chi connectivity index (χ1n) is 11.3. The summed E-state index contributed by atoms with van der Waals surface area (Å²) in [5.74, 6) is -0.374. The molecule has 35 heavy (non-hydrogen) atoms. The van der Waals surface area contributed by atoms with Crippen LogP contribution >= 0.6 is 0 Å². The van der Waals surface area contributed by atoms with E-state index in [1.165, 1.54) is 28.6 Å². The lowest BCUT2D eigenvalue weighted by molar-refractivity contribution is -0.120. The smallest absolute Gasteiger partial charge is 0.243 e. The Morgan fingerprint density at radius 1 is 0.971 bits per heavy atom. The number of piperidine rings is 1. The number of hydrogen-bond donors (Lipinski definition) is 1. The van der Waals surface area contributed by atoms with Gasteiger partial charge in [-0.15, -0.1) is 0 Å². The van der Waals surface area contributed by atoms with Gasteiger partial charge in [0.1, 0.15) is 6.33 Å². The van der Waals surface area contributed by atoms with Crippen LogP contribution in [0, 0.1) is 17.2 Å². The largest absolute Gasteiger partial charge is 0.326 e. The maximum Gasteiger partial charge on any atom is 0.243 e. The van der Waals surface area contributed by atoms with Gasteiger partial charge in [-0.05, 0) is 73.5 Å². The lowest BCUT2D eigenvalue weighted by Gasteiger charge is -2.30. The van der Waals surface area contributed by atoms with Gasteiger partial charge in [-0.2, -0.15) is 9.57 Å². The number of carbonyl (C=O) groups excluding carboxylic acids is 1. The first-order chi connectivity index (χ1) is 17.0. The number of nitriles is 1. The number of imidazole rings is 1. The van der Waals surface area contributed by atoms with Gasteiger partial charge in [0.2, 0.25) is 15.9 Å². The first-order valence-corrected chi connectivity index (χ1v) is 12.7. The number of nitrogens with zero attached hydrogens (tertiary/aromatic N) is 4. The number of para-hydroxylation sites is 2. The SMILES string of the molecule is N#Cc1ccc(S(=O)(=O)N2CCC(C(=O)Nc3ccc(-n4cnc5ccccc54)cc3)CC2)cc1. The molecule has 0 radical (unpaired) electrons. The van der Waals surface area contributed by atoms with Gasteiger partial charge in [0.25, 0.3) is 0 Å². The van der Waals surface area contributed by atoms with E-state index < -0.39 is 10.0 Å². The van der Waals surface area contributed by atoms with Crippen LogP contribution < -0.4 is 5.32 Å². The van der Waals surface area contributed by atoms with Crippen molar-refractivity contribution in [1.29, 1.82) is 5.26 Å². The molecule has 1 aliphatic heterocycles. The van der Waals surface area contributed by atoms with Crippen molar-refractivity contribution in [2.75, 3.05) is 18.4 Å². The number of aromatic nitrogens is 2. The Balaban J connectivity index is 1.20. The third-order valence-corrected chi connectivity index (χ3v) is 8.23. The van der Waals surface area contributed by atoms with Crippen molar-refractivity contribution in [3.63, 3.8) is 0 Å². The molecule has 0 spiro atoms. The molecule has 0 unspecified atom stereocenters. The van der Waals surface area contributed by atoms with Gasteiger partial charge in [0.05, 0.1) is 27.6 Å². The summed E-state index contributed by atoms with van der Waals surface area (Å²) in [5.41, 5.74) is 3.96. The average molecular weight is 486 g/mol. The minimum Gasteiger partial charge on any atom is -0.326 e. The Morgan fingerprint density at radius 2 is 1.66 bits per heavy atom. The second-order valence-corrected chi connectivity index (χ2v) is 10.4. The van der Waals surface area contributed by atoms with Crippen LogP contribution in [0.5, 0.6) is 0 Å². The van der Waals surface area contributed by atoms with Crippen LogP contribution in [0.2, 0.25) is 0 Å². The number of carbonyl (C=O) groups is 1. The van der Waals surface area contributed by atoms with Gasteiger partial charge in [0.15, 0.2) is 0 Å². The molecule has 2 heterocycles. The minimum atomic E-state index is -3.65. The summed E-state index contributed by atoms with van der Waals surface area (Å²) in [6.07, 6.45) is 2.67. The third-order valence-electron chi connectivity index (χ3n) is 6.31. The van der Waals surface area contributed by atoms with E-state index in [2.05, 4.69) is 10.3 Å². The molecule has 8 nitrogen and oxygen atoms in total. The van der Waals surface area contributed by atoms with E-state index in [1.807, 2.05) is 59.2 Å². The molecule has 1 fully saturated rings. The highest BCUT2D eigenvalue weighted by Crippen LogP contribution is 2.26. The number of hydrogen-bond acceptors (Lipinski definition) is 5. The summed E-state index contributed by atoms with van der Waals surface area (Å²) in [4.78, 5) is 17.4. The van der Waals surface area contributed by atoms with Crippen LogP contribution in [0.3, 0.4) is 0 Å². The molecular weight excluding hydrogens is 462 g/mol. The molecule has 1 saturated heterocycles. The van der Waals surface area contributed by atoms with E-state index in [4.69, 9.17) is 5.26 Å². The third kappa shape index (κ3) is 4.54. The molecule has 3 aromatic carbocycles. The molecule has 176 valence electrons. The van der Waals surface area contributed by atoms with Crippen LogP contribution in [-0.4, -0.2) is 41.3 Å². The van der Waals surface area contributed by atoms with Gasteiger partial charge in [-0.3, -0.25) is 9.36 Å². The molecule has 1 aromatic heterocycles. The molecule has 1 N–H and O–H groups in total. The molecule has 0 aliphatic carbocycles. The number of sulfonamides is 1. The second kappa shape index (κ2) is 9.33. The predicted molar refractivity (Wildman–Crippen MR) is 132 cm³/mol. The van der Waals surface area contributed by atoms with Crippen LogP contribution in [-0.2, 0) is 14.8 Å². The normalized spacial score (nSPS) is 15.1. The number of fused-ring (bicyclic) bond motifs is 1. The Kier molecular flexibility index (Phi) is 6.07. The van der Waals surface area contributed by atoms with Gasteiger partial charge < -0.3 is 5.32 Å². The quantitative estimate of drug-likeness (QED) is 0.461.